The van der Waals surface area contributed by atoms with Crippen LogP contribution in [0.4, 0.5) is 4.79 Å². The van der Waals surface area contributed by atoms with E-state index in [-0.39, 0.29) is 38.1 Å². The third-order valence-corrected chi connectivity index (χ3v) is 6.86. The molecule has 0 aromatic heterocycles. The van der Waals surface area contributed by atoms with Gasteiger partial charge < -0.3 is 25.2 Å². The third kappa shape index (κ3) is 4.63. The van der Waals surface area contributed by atoms with Gasteiger partial charge in [-0.05, 0) is 35.6 Å². The number of ether oxygens (including phenoxy) is 2. The number of carbonyl (C=O) groups is 3. The van der Waals surface area contributed by atoms with E-state index in [0.717, 1.165) is 22.3 Å². The molecule has 0 saturated carbocycles. The number of carboxylic acid groups (broad SMARTS) is 1. The minimum atomic E-state index is -1.03. The van der Waals surface area contributed by atoms with Crippen LogP contribution in [0, 0.1) is 5.41 Å². The van der Waals surface area contributed by atoms with Gasteiger partial charge in [-0.1, -0.05) is 55.5 Å². The fourth-order valence-electron chi connectivity index (χ4n) is 4.74. The standard InChI is InChI=1S/C26H30N2O6/c1-3-16(12-23(29)30)27-24(31)26(2)15-33-14-22(26)28-25(32)34-13-21-19-10-6-4-8-17(19)18-9-5-7-11-20(18)21/h4-11,16,21-22H,3,12-15H2,1-2H3,(H,27,31)(H,28,32)(H,29,30)/t16-,22?,26?/m0/s1. The molecule has 34 heavy (non-hydrogen) atoms. The molecule has 3 atom stereocenters. The quantitative estimate of drug-likeness (QED) is 0.550. The average Bonchev–Trinajstić information content (AvgIpc) is 3.35. The van der Waals surface area contributed by atoms with E-state index in [4.69, 9.17) is 14.6 Å². The fourth-order valence-corrected chi connectivity index (χ4v) is 4.74. The van der Waals surface area contributed by atoms with Gasteiger partial charge in [0.2, 0.25) is 5.91 Å². The first-order chi connectivity index (χ1) is 16.3. The van der Waals surface area contributed by atoms with Crippen LogP contribution < -0.4 is 10.6 Å². The van der Waals surface area contributed by atoms with Gasteiger partial charge in [-0.15, -0.1) is 0 Å². The van der Waals surface area contributed by atoms with Gasteiger partial charge in [0, 0.05) is 12.0 Å². The van der Waals surface area contributed by atoms with E-state index in [2.05, 4.69) is 34.9 Å². The van der Waals surface area contributed by atoms with Gasteiger partial charge in [0.05, 0.1) is 31.1 Å². The van der Waals surface area contributed by atoms with Crippen LogP contribution >= 0.6 is 0 Å². The number of benzene rings is 2. The van der Waals surface area contributed by atoms with Crippen molar-refractivity contribution in [3.63, 3.8) is 0 Å². The predicted molar refractivity (Wildman–Crippen MR) is 125 cm³/mol. The molecule has 2 aliphatic rings. The van der Waals surface area contributed by atoms with Gasteiger partial charge in [-0.3, -0.25) is 9.59 Å². The lowest BCUT2D eigenvalue weighted by Gasteiger charge is -2.30. The number of fused-ring (bicyclic) bond motifs is 3. The molecule has 2 unspecified atom stereocenters. The Morgan fingerprint density at radius 1 is 1.12 bits per heavy atom. The molecule has 4 rings (SSSR count). The Morgan fingerprint density at radius 2 is 1.74 bits per heavy atom. The maximum atomic E-state index is 13.0. The molecule has 1 heterocycles. The Morgan fingerprint density at radius 3 is 2.32 bits per heavy atom. The van der Waals surface area contributed by atoms with Crippen LogP contribution in [0.5, 0.6) is 0 Å². The summed E-state index contributed by atoms with van der Waals surface area (Å²) in [5, 5.41) is 14.6. The number of hydrogen-bond acceptors (Lipinski definition) is 5. The molecule has 180 valence electrons. The Hall–Kier alpha value is -3.39. The molecule has 2 aromatic carbocycles. The van der Waals surface area contributed by atoms with Gasteiger partial charge in [0.1, 0.15) is 6.61 Å². The first-order valence-corrected chi connectivity index (χ1v) is 11.6. The molecule has 0 bridgehead atoms. The van der Waals surface area contributed by atoms with E-state index in [1.165, 1.54) is 0 Å². The van der Waals surface area contributed by atoms with E-state index in [0.29, 0.717) is 6.42 Å². The minimum Gasteiger partial charge on any atom is -0.481 e. The van der Waals surface area contributed by atoms with Crippen molar-refractivity contribution in [2.45, 2.75) is 44.7 Å². The van der Waals surface area contributed by atoms with Crippen LogP contribution in [0.25, 0.3) is 11.1 Å². The van der Waals surface area contributed by atoms with Crippen molar-refractivity contribution in [3.8, 4) is 11.1 Å². The van der Waals surface area contributed by atoms with Gasteiger partial charge in [-0.2, -0.15) is 0 Å². The zero-order chi connectivity index (χ0) is 24.3. The van der Waals surface area contributed by atoms with Gasteiger partial charge >= 0.3 is 12.1 Å². The summed E-state index contributed by atoms with van der Waals surface area (Å²) in [6.07, 6.45) is -0.294. The molecule has 2 aromatic rings. The van der Waals surface area contributed by atoms with Crippen LogP contribution in [0.15, 0.2) is 48.5 Å². The maximum absolute atomic E-state index is 13.0. The van der Waals surface area contributed by atoms with Crippen LogP contribution in [0.1, 0.15) is 43.7 Å². The molecule has 8 nitrogen and oxygen atoms in total. The Labute approximate surface area is 198 Å². The zero-order valence-corrected chi connectivity index (χ0v) is 19.4. The average molecular weight is 467 g/mol. The second-order valence-corrected chi connectivity index (χ2v) is 9.13. The van der Waals surface area contributed by atoms with Crippen LogP contribution in [-0.4, -0.2) is 55.0 Å². The molecule has 1 saturated heterocycles. The van der Waals surface area contributed by atoms with E-state index < -0.39 is 29.6 Å². The number of carboxylic acids is 1. The van der Waals surface area contributed by atoms with Gasteiger partial charge in [0.25, 0.3) is 0 Å². The second kappa shape index (κ2) is 9.85. The summed E-state index contributed by atoms with van der Waals surface area (Å²) in [7, 11) is 0. The molecule has 0 spiro atoms. The lowest BCUT2D eigenvalue weighted by atomic mass is 9.84. The molecule has 8 heteroatoms. The lowest BCUT2D eigenvalue weighted by Crippen LogP contribution is -2.55. The summed E-state index contributed by atoms with van der Waals surface area (Å²) in [4.78, 5) is 36.7. The molecule has 2 amide bonds. The highest BCUT2D eigenvalue weighted by atomic mass is 16.5. The number of alkyl carbamates (subject to hydrolysis) is 1. The molecule has 1 fully saturated rings. The highest BCUT2D eigenvalue weighted by molar-refractivity contribution is 5.85. The zero-order valence-electron chi connectivity index (χ0n) is 19.4. The van der Waals surface area contributed by atoms with Crippen molar-refractivity contribution in [1.29, 1.82) is 0 Å². The lowest BCUT2D eigenvalue weighted by molar-refractivity contribution is -0.138. The normalized spacial score (nSPS) is 21.9. The summed E-state index contributed by atoms with van der Waals surface area (Å²) in [6, 6.07) is 15.1. The smallest absolute Gasteiger partial charge is 0.407 e. The summed E-state index contributed by atoms with van der Waals surface area (Å²) >= 11 is 0. The van der Waals surface area contributed by atoms with Crippen LogP contribution in [0.3, 0.4) is 0 Å². The van der Waals surface area contributed by atoms with Gasteiger partial charge in [0.15, 0.2) is 0 Å². The summed E-state index contributed by atoms with van der Waals surface area (Å²) in [5.41, 5.74) is 3.50. The van der Waals surface area contributed by atoms with E-state index >= 15 is 0 Å². The van der Waals surface area contributed by atoms with Crippen molar-refractivity contribution >= 4 is 18.0 Å². The molecule has 1 aliphatic heterocycles. The Bertz CT molecular complexity index is 1040. The Balaban J connectivity index is 1.39. The van der Waals surface area contributed by atoms with Crippen LogP contribution in [0.2, 0.25) is 0 Å². The largest absolute Gasteiger partial charge is 0.481 e. The molecule has 3 N–H and O–H groups in total. The SMILES string of the molecule is CC[C@@H](CC(=O)O)NC(=O)C1(C)COCC1NC(=O)OCC1c2ccccc2-c2ccccc21. The predicted octanol–water partition coefficient (Wildman–Crippen LogP) is 3.30. The van der Waals surface area contributed by atoms with Crippen molar-refractivity contribution in [2.24, 2.45) is 5.41 Å². The van der Waals surface area contributed by atoms with Crippen LogP contribution in [-0.2, 0) is 19.1 Å². The van der Waals surface area contributed by atoms with Gasteiger partial charge in [-0.25, -0.2) is 4.79 Å². The van der Waals surface area contributed by atoms with E-state index in [1.807, 2.05) is 31.2 Å². The Kier molecular flexibility index (Phi) is 6.88. The number of amides is 2. The van der Waals surface area contributed by atoms with Crippen molar-refractivity contribution < 1.29 is 29.0 Å². The first-order valence-electron chi connectivity index (χ1n) is 11.6. The number of nitrogens with one attached hydrogen (secondary N) is 2. The van der Waals surface area contributed by atoms with E-state index in [9.17, 15) is 14.4 Å². The molecule has 1 aliphatic carbocycles. The second-order valence-electron chi connectivity index (χ2n) is 9.13. The monoisotopic (exact) mass is 466 g/mol. The summed E-state index contributed by atoms with van der Waals surface area (Å²) in [5.74, 6) is -1.38. The first kappa shape index (κ1) is 23.8. The van der Waals surface area contributed by atoms with Crippen molar-refractivity contribution in [3.05, 3.63) is 59.7 Å². The van der Waals surface area contributed by atoms with E-state index in [1.54, 1.807) is 6.92 Å². The third-order valence-electron chi connectivity index (χ3n) is 6.86. The molecule has 0 radical (unpaired) electrons. The number of carbonyl (C=O) groups excluding carboxylic acids is 2. The molecular formula is C26H30N2O6. The number of hydrogen-bond donors (Lipinski definition) is 3. The van der Waals surface area contributed by atoms with Crippen molar-refractivity contribution in [1.82, 2.24) is 10.6 Å². The minimum absolute atomic E-state index is 0.0611. The van der Waals surface area contributed by atoms with Crippen molar-refractivity contribution in [2.75, 3.05) is 19.8 Å². The number of aliphatic carboxylic acids is 1. The fraction of sp³-hybridized carbons (Fsp3) is 0.423. The summed E-state index contributed by atoms with van der Waals surface area (Å²) < 4.78 is 11.1. The highest BCUT2D eigenvalue weighted by Crippen LogP contribution is 2.44. The highest BCUT2D eigenvalue weighted by Gasteiger charge is 2.48. The number of rotatable bonds is 8. The topological polar surface area (TPSA) is 114 Å². The molecular weight excluding hydrogens is 436 g/mol. The maximum Gasteiger partial charge on any atom is 0.407 e. The summed E-state index contributed by atoms with van der Waals surface area (Å²) in [6.45, 7) is 3.98.